The molecule has 1 aliphatic carbocycles. The van der Waals surface area contributed by atoms with Crippen LogP contribution in [-0.4, -0.2) is 36.8 Å². The minimum atomic E-state index is -0.834. The molecule has 3 amide bonds. The van der Waals surface area contributed by atoms with Gasteiger partial charge in [-0.05, 0) is 12.1 Å². The molecule has 7 nitrogen and oxygen atoms in total. The lowest BCUT2D eigenvalue weighted by molar-refractivity contribution is -0.141. The lowest BCUT2D eigenvalue weighted by Crippen LogP contribution is -2.60. The van der Waals surface area contributed by atoms with Crippen LogP contribution in [0.2, 0.25) is 0 Å². The van der Waals surface area contributed by atoms with Gasteiger partial charge < -0.3 is 10.1 Å². The van der Waals surface area contributed by atoms with Gasteiger partial charge in [-0.15, -0.1) is 0 Å². The second kappa shape index (κ2) is 5.02. The van der Waals surface area contributed by atoms with E-state index in [0.29, 0.717) is 5.69 Å². The number of carbonyl (C=O) groups excluding carboxylic acids is 4. The minimum absolute atomic E-state index is 0.236. The lowest BCUT2D eigenvalue weighted by Gasteiger charge is -2.40. The molecule has 1 aromatic carbocycles. The molecule has 1 N–H and O–H groups in total. The van der Waals surface area contributed by atoms with Crippen molar-refractivity contribution in [1.29, 1.82) is 0 Å². The molecule has 2 fully saturated rings. The Morgan fingerprint density at radius 2 is 1.75 bits per heavy atom. The van der Waals surface area contributed by atoms with Gasteiger partial charge in [0.25, 0.3) is 0 Å². The summed E-state index contributed by atoms with van der Waals surface area (Å²) in [5, 5.41) is 2.67. The zero-order valence-electron chi connectivity index (χ0n) is 12.8. The molecule has 7 heteroatoms. The van der Waals surface area contributed by atoms with Crippen molar-refractivity contribution in [2.75, 3.05) is 12.0 Å². The van der Waals surface area contributed by atoms with Gasteiger partial charge in [-0.3, -0.25) is 14.4 Å². The van der Waals surface area contributed by atoms with Gasteiger partial charge in [0.1, 0.15) is 0 Å². The third kappa shape index (κ3) is 1.78. The number of imide groups is 1. The van der Waals surface area contributed by atoms with Crippen LogP contribution < -0.4 is 10.2 Å². The number of methoxy groups -OCH3 is 1. The normalized spacial score (nSPS) is 30.8. The number of anilines is 1. The van der Waals surface area contributed by atoms with Crippen LogP contribution in [0.5, 0.6) is 0 Å². The predicted octanol–water partition coefficient (Wildman–Crippen LogP) is 0.0198. The zero-order valence-corrected chi connectivity index (χ0v) is 12.8. The second-order valence-electron chi connectivity index (χ2n) is 6.02. The lowest BCUT2D eigenvalue weighted by atomic mass is 9.67. The maximum atomic E-state index is 12.9. The summed E-state index contributed by atoms with van der Waals surface area (Å²) in [7, 11) is 1.24. The van der Waals surface area contributed by atoms with E-state index in [1.165, 1.54) is 13.2 Å². The molecule has 0 spiro atoms. The number of carbonyl (C=O) groups is 4. The number of piperidine rings is 1. The predicted molar refractivity (Wildman–Crippen MR) is 81.4 cm³/mol. The number of hydrogen-bond donors (Lipinski definition) is 1. The number of ether oxygens (including phenoxy) is 1. The molecule has 0 radical (unpaired) electrons. The topological polar surface area (TPSA) is 92.8 Å². The second-order valence-corrected chi connectivity index (χ2v) is 6.02. The standard InChI is InChI=1S/C17H14N2O5/c1-24-17(23)10-7-9-11-12(13(10)18-14(9)20)16(22)19(15(11)21)8-5-3-2-4-6-8/h2-7,9,11-13H,1H3,(H,18,20)/t9-,11-,12-,13-/m1/s1. The summed E-state index contributed by atoms with van der Waals surface area (Å²) >= 11 is 0. The van der Waals surface area contributed by atoms with E-state index in [4.69, 9.17) is 4.74 Å². The summed E-state index contributed by atoms with van der Waals surface area (Å²) in [6.45, 7) is 0. The SMILES string of the molecule is COC(=O)C1=C[C@H]2C(=O)N[C@H]1[C@@H]1C(=O)N(c3ccccc3)C(=O)[C@@H]12. The minimum Gasteiger partial charge on any atom is -0.466 e. The largest absolute Gasteiger partial charge is 0.466 e. The van der Waals surface area contributed by atoms with Crippen molar-refractivity contribution in [1.82, 2.24) is 5.32 Å². The first-order valence-electron chi connectivity index (χ1n) is 7.58. The smallest absolute Gasteiger partial charge is 0.335 e. The van der Waals surface area contributed by atoms with Crippen LogP contribution >= 0.6 is 0 Å². The highest BCUT2D eigenvalue weighted by molar-refractivity contribution is 6.24. The van der Waals surface area contributed by atoms with Crippen LogP contribution in [0.1, 0.15) is 0 Å². The van der Waals surface area contributed by atoms with Crippen molar-refractivity contribution < 1.29 is 23.9 Å². The highest BCUT2D eigenvalue weighted by Crippen LogP contribution is 2.46. The van der Waals surface area contributed by atoms with Crippen molar-refractivity contribution >= 4 is 29.4 Å². The molecule has 122 valence electrons. The average Bonchev–Trinajstić information content (AvgIpc) is 2.87. The van der Waals surface area contributed by atoms with Gasteiger partial charge in [0, 0.05) is 0 Å². The Balaban J connectivity index is 1.79. The number of rotatable bonds is 2. The van der Waals surface area contributed by atoms with Crippen molar-refractivity contribution in [3.63, 3.8) is 0 Å². The van der Waals surface area contributed by atoms with Gasteiger partial charge in [0.05, 0.1) is 42.2 Å². The van der Waals surface area contributed by atoms with E-state index in [1.807, 2.05) is 0 Å². The molecule has 4 atom stereocenters. The number of nitrogens with zero attached hydrogens (tertiary/aromatic N) is 1. The maximum Gasteiger partial charge on any atom is 0.335 e. The van der Waals surface area contributed by atoms with E-state index < -0.39 is 41.6 Å². The number of amides is 3. The maximum absolute atomic E-state index is 12.9. The van der Waals surface area contributed by atoms with Gasteiger partial charge in [-0.2, -0.15) is 0 Å². The van der Waals surface area contributed by atoms with Gasteiger partial charge in [0.15, 0.2) is 0 Å². The molecular weight excluding hydrogens is 312 g/mol. The molecule has 24 heavy (non-hydrogen) atoms. The quantitative estimate of drug-likeness (QED) is 0.611. The average molecular weight is 326 g/mol. The summed E-state index contributed by atoms with van der Waals surface area (Å²) in [5.74, 6) is -4.13. The summed E-state index contributed by atoms with van der Waals surface area (Å²) in [6, 6.07) is 7.75. The van der Waals surface area contributed by atoms with E-state index in [1.54, 1.807) is 30.3 Å². The number of fused-ring (bicyclic) bond motifs is 1. The van der Waals surface area contributed by atoms with Crippen LogP contribution in [-0.2, 0) is 23.9 Å². The van der Waals surface area contributed by atoms with Crippen molar-refractivity contribution in [2.24, 2.45) is 17.8 Å². The molecule has 3 aliphatic heterocycles. The van der Waals surface area contributed by atoms with E-state index in [2.05, 4.69) is 5.32 Å². The van der Waals surface area contributed by atoms with E-state index in [9.17, 15) is 19.2 Å². The van der Waals surface area contributed by atoms with E-state index in [-0.39, 0.29) is 11.5 Å². The molecular formula is C17H14N2O5. The molecule has 5 rings (SSSR count). The summed E-state index contributed by atoms with van der Waals surface area (Å²) in [6.07, 6.45) is 1.47. The Bertz CT molecular complexity index is 800. The highest BCUT2D eigenvalue weighted by atomic mass is 16.5. The first-order valence-corrected chi connectivity index (χ1v) is 7.58. The Labute approximate surface area is 137 Å². The Hall–Kier alpha value is -2.96. The highest BCUT2D eigenvalue weighted by Gasteiger charge is 2.62. The van der Waals surface area contributed by atoms with Crippen LogP contribution in [0, 0.1) is 17.8 Å². The molecule has 1 aromatic rings. The molecule has 0 unspecified atom stereocenters. The monoisotopic (exact) mass is 326 g/mol. The summed E-state index contributed by atoms with van der Waals surface area (Å²) in [4.78, 5) is 50.9. The van der Waals surface area contributed by atoms with E-state index >= 15 is 0 Å². The van der Waals surface area contributed by atoms with Gasteiger partial charge in [-0.25, -0.2) is 9.69 Å². The Morgan fingerprint density at radius 1 is 1.08 bits per heavy atom. The Morgan fingerprint density at radius 3 is 2.42 bits per heavy atom. The Kier molecular flexibility index (Phi) is 3.06. The number of para-hydroxylation sites is 1. The molecule has 2 saturated heterocycles. The van der Waals surface area contributed by atoms with Gasteiger partial charge >= 0.3 is 5.97 Å². The summed E-state index contributed by atoms with van der Waals surface area (Å²) < 4.78 is 4.73. The molecule has 0 saturated carbocycles. The first kappa shape index (κ1) is 14.6. The van der Waals surface area contributed by atoms with Gasteiger partial charge in [-0.1, -0.05) is 24.3 Å². The van der Waals surface area contributed by atoms with Crippen molar-refractivity contribution in [2.45, 2.75) is 6.04 Å². The van der Waals surface area contributed by atoms with Gasteiger partial charge in [0.2, 0.25) is 17.7 Å². The number of benzene rings is 1. The van der Waals surface area contributed by atoms with Crippen LogP contribution in [0.4, 0.5) is 5.69 Å². The fraction of sp³-hybridized carbons (Fsp3) is 0.294. The first-order chi connectivity index (χ1) is 11.5. The van der Waals surface area contributed by atoms with Crippen molar-refractivity contribution in [3.05, 3.63) is 42.0 Å². The van der Waals surface area contributed by atoms with Crippen LogP contribution in [0.25, 0.3) is 0 Å². The van der Waals surface area contributed by atoms with E-state index in [0.717, 1.165) is 4.90 Å². The van der Waals surface area contributed by atoms with Crippen LogP contribution in [0.3, 0.4) is 0 Å². The molecule has 0 aromatic heterocycles. The fourth-order valence-corrected chi connectivity index (χ4v) is 3.84. The zero-order chi connectivity index (χ0) is 17.0. The summed E-state index contributed by atoms with van der Waals surface area (Å²) in [5.41, 5.74) is 0.702. The fourth-order valence-electron chi connectivity index (χ4n) is 3.84. The third-order valence-corrected chi connectivity index (χ3v) is 4.87. The van der Waals surface area contributed by atoms with Crippen LogP contribution in [0.15, 0.2) is 42.0 Å². The number of esters is 1. The number of nitrogens with one attached hydrogen (secondary N) is 1. The number of hydrogen-bond acceptors (Lipinski definition) is 5. The molecule has 2 bridgehead atoms. The molecule has 4 aliphatic rings. The third-order valence-electron chi connectivity index (χ3n) is 4.87. The molecule has 3 heterocycles. The van der Waals surface area contributed by atoms with Crippen molar-refractivity contribution in [3.8, 4) is 0 Å².